The maximum absolute atomic E-state index is 12.9. The third-order valence-corrected chi connectivity index (χ3v) is 10.9. The van der Waals surface area contributed by atoms with E-state index in [0.717, 1.165) is 12.8 Å². The normalized spacial score (nSPS) is 12.3. The van der Waals surface area contributed by atoms with E-state index in [2.05, 4.69) is 120 Å². The number of hydrogen-bond acceptors (Lipinski definition) is 4. The summed E-state index contributed by atoms with van der Waals surface area (Å²) in [5.74, 6) is -0.280. The molecule has 0 spiro atoms. The van der Waals surface area contributed by atoms with Crippen molar-refractivity contribution in [1.82, 2.24) is 10.6 Å². The third-order valence-electron chi connectivity index (χ3n) is 10.9. The minimum atomic E-state index is -1.05. The van der Waals surface area contributed by atoms with Gasteiger partial charge < -0.3 is 20.8 Å². The molecule has 0 aliphatic rings. The zero-order valence-electron chi connectivity index (χ0n) is 28.7. The predicted molar refractivity (Wildman–Crippen MR) is 209 cm³/mol. The molecule has 0 saturated heterocycles. The fourth-order valence-electron chi connectivity index (χ4n) is 7.99. The Morgan fingerprint density at radius 3 is 1.22 bits per heavy atom. The number of nitrogens with one attached hydrogen (secondary N) is 2. The molecule has 0 aliphatic carbocycles. The van der Waals surface area contributed by atoms with Crippen molar-refractivity contribution in [2.45, 2.75) is 38.5 Å². The molecule has 0 fully saturated rings. The van der Waals surface area contributed by atoms with Crippen LogP contribution in [0.1, 0.15) is 36.8 Å². The second kappa shape index (κ2) is 13.8. The Labute approximate surface area is 296 Å². The summed E-state index contributed by atoms with van der Waals surface area (Å²) in [6, 6.07) is 38.9. The highest BCUT2D eigenvalue weighted by Crippen LogP contribution is 2.37. The van der Waals surface area contributed by atoms with Gasteiger partial charge in [0.1, 0.15) is 0 Å². The highest BCUT2D eigenvalue weighted by atomic mass is 16.3. The average molecular weight is 675 g/mol. The van der Waals surface area contributed by atoms with Gasteiger partial charge in [-0.15, -0.1) is 0 Å². The molecular weight excluding hydrogens is 633 g/mol. The molecule has 8 aromatic rings. The van der Waals surface area contributed by atoms with E-state index in [-0.39, 0.29) is 38.1 Å². The molecule has 6 heteroatoms. The zero-order chi connectivity index (χ0) is 35.0. The smallest absolute Gasteiger partial charge is 0.220 e. The summed E-state index contributed by atoms with van der Waals surface area (Å²) in [7, 11) is 0. The average Bonchev–Trinajstić information content (AvgIpc) is 3.17. The first kappa shape index (κ1) is 32.9. The largest absolute Gasteiger partial charge is 0.396 e. The predicted octanol–water partition coefficient (Wildman–Crippen LogP) is 8.03. The zero-order valence-corrected chi connectivity index (χ0v) is 28.7. The minimum Gasteiger partial charge on any atom is -0.396 e. The summed E-state index contributed by atoms with van der Waals surface area (Å²) in [5, 5.41) is 41.2. The lowest BCUT2D eigenvalue weighted by molar-refractivity contribution is -0.122. The maximum Gasteiger partial charge on any atom is 0.220 e. The Morgan fingerprint density at radius 2 is 0.824 bits per heavy atom. The van der Waals surface area contributed by atoms with E-state index in [1.54, 1.807) is 0 Å². The molecular formula is C45H42N2O4. The van der Waals surface area contributed by atoms with Crippen LogP contribution in [0.5, 0.6) is 0 Å². The number of hydrogen-bond donors (Lipinski definition) is 4. The van der Waals surface area contributed by atoms with Crippen molar-refractivity contribution >= 4 is 76.4 Å². The summed E-state index contributed by atoms with van der Waals surface area (Å²) >= 11 is 0. The maximum atomic E-state index is 12.9. The second-order valence-corrected chi connectivity index (χ2v) is 14.2. The lowest BCUT2D eigenvalue weighted by Crippen LogP contribution is -2.50. The fraction of sp³-hybridized carbons (Fsp3) is 0.244. The monoisotopic (exact) mass is 674 g/mol. The van der Waals surface area contributed by atoms with E-state index in [0.29, 0.717) is 25.7 Å². The van der Waals surface area contributed by atoms with Crippen LogP contribution < -0.4 is 10.6 Å². The second-order valence-electron chi connectivity index (χ2n) is 14.2. The molecule has 2 amide bonds. The number of aliphatic hydroxyl groups excluding tert-OH is 2. The Bertz CT molecular complexity index is 2310. The first-order valence-corrected chi connectivity index (χ1v) is 18.0. The minimum absolute atomic E-state index is 0.0700. The summed E-state index contributed by atoms with van der Waals surface area (Å²) in [6.45, 7) is -0.591. The van der Waals surface area contributed by atoms with E-state index in [4.69, 9.17) is 0 Å². The van der Waals surface area contributed by atoms with Crippen molar-refractivity contribution in [2.24, 2.45) is 5.41 Å². The highest BCUT2D eigenvalue weighted by molar-refractivity contribution is 6.24. The molecule has 0 aliphatic heterocycles. The van der Waals surface area contributed by atoms with Crippen LogP contribution in [-0.2, 0) is 22.4 Å². The van der Waals surface area contributed by atoms with Crippen LogP contribution in [0.4, 0.5) is 0 Å². The first-order chi connectivity index (χ1) is 25.0. The molecule has 0 aromatic heterocycles. The van der Waals surface area contributed by atoms with Gasteiger partial charge in [-0.2, -0.15) is 0 Å². The van der Waals surface area contributed by atoms with Gasteiger partial charge in [0.15, 0.2) is 0 Å². The summed E-state index contributed by atoms with van der Waals surface area (Å²) < 4.78 is 0. The van der Waals surface area contributed by atoms with Crippen LogP contribution in [0.2, 0.25) is 0 Å². The van der Waals surface area contributed by atoms with Crippen LogP contribution in [0, 0.1) is 5.41 Å². The number of aliphatic hydroxyl groups is 2. The molecule has 4 N–H and O–H groups in total. The molecule has 0 unspecified atom stereocenters. The van der Waals surface area contributed by atoms with Crippen molar-refractivity contribution in [1.29, 1.82) is 0 Å². The molecule has 0 bridgehead atoms. The van der Waals surface area contributed by atoms with E-state index < -0.39 is 5.41 Å². The molecule has 6 nitrogen and oxygen atoms in total. The molecule has 256 valence electrons. The standard InChI is InChI=1S/C45H42N2O4/c48-27-45(28-49,25-46-39(50)11-3-5-29-13-15-35-19-17-31-7-1-9-33-21-23-37(29)43(35)41(31)33)26-47-40(51)12-4-6-30-14-16-36-20-18-32-8-2-10-34-22-24-38(30)44(36)42(32)34/h1-2,7-10,13-24,48-49H,3-6,11-12,25-28H2,(H,46,50)(H,47,51). The van der Waals surface area contributed by atoms with Crippen molar-refractivity contribution in [3.63, 3.8) is 0 Å². The summed E-state index contributed by atoms with van der Waals surface area (Å²) in [6.07, 6.45) is 3.51. The van der Waals surface area contributed by atoms with Gasteiger partial charge in [-0.1, -0.05) is 109 Å². The number of carbonyl (C=O) groups excluding carboxylic acids is 2. The molecule has 0 heterocycles. The van der Waals surface area contributed by atoms with Crippen molar-refractivity contribution in [3.8, 4) is 0 Å². The molecule has 0 radical (unpaired) electrons. The third kappa shape index (κ3) is 6.19. The number of carbonyl (C=O) groups is 2. The number of rotatable bonds is 14. The van der Waals surface area contributed by atoms with Crippen molar-refractivity contribution in [2.75, 3.05) is 26.3 Å². The van der Waals surface area contributed by atoms with Crippen molar-refractivity contribution < 1.29 is 19.8 Å². The van der Waals surface area contributed by atoms with Gasteiger partial charge in [0.2, 0.25) is 11.8 Å². The van der Waals surface area contributed by atoms with Gasteiger partial charge in [0.25, 0.3) is 0 Å². The SMILES string of the molecule is O=C(CCCc1ccc2ccc3cccc4ccc1c2c34)NCC(CO)(CO)CNC(=O)CCCc1ccc2ccc3cccc4ccc1c2c34. The Kier molecular flexibility index (Phi) is 8.89. The van der Waals surface area contributed by atoms with Crippen molar-refractivity contribution in [3.05, 3.63) is 120 Å². The lowest BCUT2D eigenvalue weighted by atomic mass is 9.89. The van der Waals surface area contributed by atoms with Gasteiger partial charge in [-0.25, -0.2) is 0 Å². The van der Waals surface area contributed by atoms with Gasteiger partial charge in [0, 0.05) is 25.9 Å². The van der Waals surface area contributed by atoms with Crippen LogP contribution in [0.3, 0.4) is 0 Å². The van der Waals surface area contributed by atoms with E-state index in [1.165, 1.54) is 75.8 Å². The van der Waals surface area contributed by atoms with E-state index >= 15 is 0 Å². The molecule has 0 atom stereocenters. The molecule has 0 saturated carbocycles. The fourth-order valence-corrected chi connectivity index (χ4v) is 7.99. The Balaban J connectivity index is 0.833. The summed E-state index contributed by atoms with van der Waals surface area (Å²) in [5.41, 5.74) is 1.38. The molecule has 8 aromatic carbocycles. The van der Waals surface area contributed by atoms with Gasteiger partial charge >= 0.3 is 0 Å². The van der Waals surface area contributed by atoms with Gasteiger partial charge in [0.05, 0.1) is 18.6 Å². The molecule has 51 heavy (non-hydrogen) atoms. The topological polar surface area (TPSA) is 98.7 Å². The molecule has 8 rings (SSSR count). The van der Waals surface area contributed by atoms with Crippen LogP contribution in [0.25, 0.3) is 64.6 Å². The van der Waals surface area contributed by atoms with Gasteiger partial charge in [-0.05, 0) is 101 Å². The quantitative estimate of drug-likeness (QED) is 0.0878. The van der Waals surface area contributed by atoms with E-state index in [1.807, 2.05) is 0 Å². The van der Waals surface area contributed by atoms with Crippen LogP contribution in [0.15, 0.2) is 109 Å². The Hall–Kier alpha value is -5.30. The van der Waals surface area contributed by atoms with Crippen LogP contribution >= 0.6 is 0 Å². The number of amides is 2. The Morgan fingerprint density at radius 1 is 0.471 bits per heavy atom. The first-order valence-electron chi connectivity index (χ1n) is 18.0. The highest BCUT2D eigenvalue weighted by Gasteiger charge is 2.30. The number of benzene rings is 8. The van der Waals surface area contributed by atoms with E-state index in [9.17, 15) is 19.8 Å². The summed E-state index contributed by atoms with van der Waals surface area (Å²) in [4.78, 5) is 25.8. The number of aryl methyl sites for hydroxylation is 2. The van der Waals surface area contributed by atoms with Crippen LogP contribution in [-0.4, -0.2) is 48.3 Å². The lowest BCUT2D eigenvalue weighted by Gasteiger charge is -2.30. The van der Waals surface area contributed by atoms with Gasteiger partial charge in [-0.3, -0.25) is 9.59 Å².